The fraction of sp³-hybridized carbons (Fsp3) is 0.444. The van der Waals surface area contributed by atoms with Crippen molar-refractivity contribution in [1.82, 2.24) is 0 Å². The predicted octanol–water partition coefficient (Wildman–Crippen LogP) is 11.0. The normalized spacial score (nSPS) is 17.2. The molecule has 0 spiro atoms. The van der Waals surface area contributed by atoms with Crippen LogP contribution in [-0.2, 0) is 0 Å². The van der Waals surface area contributed by atoms with Crippen LogP contribution in [0.25, 0.3) is 32.0 Å². The quantitative estimate of drug-likeness (QED) is 0.201. The Kier molecular flexibility index (Phi) is 10.4. The molecule has 4 nitrogen and oxygen atoms in total. The average Bonchev–Trinajstić information content (AvgIpc) is 3.68. The number of hydrogen-bond donors (Lipinski definition) is 0. The third-order valence-electron chi connectivity index (χ3n) is 8.16. The van der Waals surface area contributed by atoms with Crippen molar-refractivity contribution in [3.63, 3.8) is 0 Å². The molecule has 222 valence electrons. The molecule has 0 N–H and O–H groups in total. The summed E-state index contributed by atoms with van der Waals surface area (Å²) in [5, 5.41) is 4.39. The Morgan fingerprint density at radius 3 is 1.02 bits per heavy atom. The molecule has 2 aromatic heterocycles. The fourth-order valence-electron chi connectivity index (χ4n) is 5.95. The maximum Gasteiger partial charge on any atom is 0.130 e. The smallest absolute Gasteiger partial charge is 0.130 e. The van der Waals surface area contributed by atoms with Crippen LogP contribution in [0.15, 0.2) is 59.3 Å². The van der Waals surface area contributed by atoms with E-state index in [0.29, 0.717) is 0 Å². The van der Waals surface area contributed by atoms with Crippen LogP contribution >= 0.6 is 22.7 Å². The number of thiophene rings is 2. The maximum absolute atomic E-state index is 6.52. The van der Waals surface area contributed by atoms with Crippen LogP contribution in [0, 0.1) is 0 Å². The van der Waals surface area contributed by atoms with Gasteiger partial charge in [-0.05, 0) is 72.8 Å². The minimum atomic E-state index is 0.720. The number of ether oxygens (including phenoxy) is 4. The summed E-state index contributed by atoms with van der Waals surface area (Å²) in [6.07, 6.45) is 13.8. The summed E-state index contributed by atoms with van der Waals surface area (Å²) in [7, 11) is 0. The molecule has 42 heavy (non-hydrogen) atoms. The molecule has 0 atom stereocenters. The number of rotatable bonds is 0. The molecule has 6 heteroatoms. The van der Waals surface area contributed by atoms with Gasteiger partial charge in [0.2, 0.25) is 0 Å². The van der Waals surface area contributed by atoms with Gasteiger partial charge in [0.25, 0.3) is 0 Å². The van der Waals surface area contributed by atoms with Crippen molar-refractivity contribution in [3.05, 3.63) is 59.3 Å². The average molecular weight is 603 g/mol. The maximum atomic E-state index is 6.52. The lowest BCUT2D eigenvalue weighted by Crippen LogP contribution is -2.04. The topological polar surface area (TPSA) is 36.9 Å². The van der Waals surface area contributed by atoms with Crippen molar-refractivity contribution >= 4 is 22.7 Å². The van der Waals surface area contributed by atoms with Gasteiger partial charge in [0.05, 0.1) is 47.3 Å². The van der Waals surface area contributed by atoms with Crippen LogP contribution in [0.1, 0.15) is 77.0 Å². The Bertz CT molecular complexity index is 1250. The van der Waals surface area contributed by atoms with Crippen LogP contribution in [0.4, 0.5) is 0 Å². The van der Waals surface area contributed by atoms with E-state index in [1.54, 1.807) is 22.7 Å². The monoisotopic (exact) mass is 602 g/mol. The summed E-state index contributed by atoms with van der Waals surface area (Å²) < 4.78 is 26.1. The minimum Gasteiger partial charge on any atom is -0.493 e. The Morgan fingerprint density at radius 1 is 0.381 bits per heavy atom. The molecule has 2 aliphatic rings. The predicted molar refractivity (Wildman–Crippen MR) is 176 cm³/mol. The highest BCUT2D eigenvalue weighted by molar-refractivity contribution is 7.21. The van der Waals surface area contributed by atoms with Gasteiger partial charge in [-0.25, -0.2) is 0 Å². The van der Waals surface area contributed by atoms with Gasteiger partial charge in [-0.3, -0.25) is 0 Å². The van der Waals surface area contributed by atoms with E-state index in [0.717, 1.165) is 97.4 Å². The highest BCUT2D eigenvalue weighted by atomic mass is 32.1. The Hall–Kier alpha value is -2.96. The Morgan fingerprint density at radius 2 is 0.690 bits per heavy atom. The highest BCUT2D eigenvalue weighted by Gasteiger charge is 2.24. The highest BCUT2D eigenvalue weighted by Crippen LogP contribution is 2.52. The largest absolute Gasteiger partial charge is 0.493 e. The Balaban J connectivity index is 1.50. The molecule has 0 saturated carbocycles. The molecular weight excluding hydrogens is 561 g/mol. The van der Waals surface area contributed by atoms with E-state index < -0.39 is 0 Å². The first kappa shape index (κ1) is 29.1. The van der Waals surface area contributed by atoms with Crippen LogP contribution in [0.2, 0.25) is 0 Å². The van der Waals surface area contributed by atoms with Gasteiger partial charge < -0.3 is 18.9 Å². The zero-order chi connectivity index (χ0) is 28.4. The van der Waals surface area contributed by atoms with E-state index in [2.05, 4.69) is 59.3 Å². The van der Waals surface area contributed by atoms with Crippen LogP contribution in [0.3, 0.4) is 0 Å². The van der Waals surface area contributed by atoms with Gasteiger partial charge in [-0.2, -0.15) is 0 Å². The second kappa shape index (κ2) is 15.0. The molecule has 0 saturated heterocycles. The Labute approximate surface area is 258 Å². The van der Waals surface area contributed by atoms with Crippen molar-refractivity contribution in [3.8, 4) is 55.0 Å². The third-order valence-corrected chi connectivity index (χ3v) is 10.2. The standard InChI is InChI=1S/C36H42O4S2/c1-2-6-10-22-38-30-16-14-18-32-34(30)28-20-26-42-36(28)35-27(19-25-41-35)33-29(37-21-9-5-1)15-13-17-31(33)39-23-11-7-3-4-8-12-24-40-32/h13-20,25-26H,1-12,21-24H2. The van der Waals surface area contributed by atoms with Crippen molar-refractivity contribution in [2.24, 2.45) is 0 Å². The van der Waals surface area contributed by atoms with Gasteiger partial charge >= 0.3 is 0 Å². The zero-order valence-corrected chi connectivity index (χ0v) is 26.2. The van der Waals surface area contributed by atoms with E-state index in [9.17, 15) is 0 Å². The zero-order valence-electron chi connectivity index (χ0n) is 24.5. The molecule has 2 bridgehead atoms. The van der Waals surface area contributed by atoms with Crippen LogP contribution in [0.5, 0.6) is 23.0 Å². The van der Waals surface area contributed by atoms with E-state index in [-0.39, 0.29) is 0 Å². The van der Waals surface area contributed by atoms with Gasteiger partial charge in [0.1, 0.15) is 23.0 Å². The lowest BCUT2D eigenvalue weighted by atomic mass is 9.99. The number of hydrogen-bond acceptors (Lipinski definition) is 6. The molecule has 6 rings (SSSR count). The van der Waals surface area contributed by atoms with E-state index in [1.165, 1.54) is 61.1 Å². The van der Waals surface area contributed by atoms with Crippen molar-refractivity contribution in [2.45, 2.75) is 77.0 Å². The van der Waals surface area contributed by atoms with Gasteiger partial charge in [0, 0.05) is 11.1 Å². The van der Waals surface area contributed by atoms with Crippen molar-refractivity contribution in [2.75, 3.05) is 26.4 Å². The molecule has 0 radical (unpaired) electrons. The third kappa shape index (κ3) is 6.98. The second-order valence-electron chi connectivity index (χ2n) is 11.2. The molecule has 0 aliphatic carbocycles. The van der Waals surface area contributed by atoms with E-state index >= 15 is 0 Å². The molecule has 2 aromatic carbocycles. The van der Waals surface area contributed by atoms with E-state index in [4.69, 9.17) is 18.9 Å². The molecule has 2 aliphatic heterocycles. The summed E-state index contributed by atoms with van der Waals surface area (Å²) in [4.78, 5) is 2.45. The molecule has 0 unspecified atom stereocenters. The minimum absolute atomic E-state index is 0.720. The van der Waals surface area contributed by atoms with Gasteiger partial charge in [-0.1, -0.05) is 63.5 Å². The molecule has 0 fully saturated rings. The first-order chi connectivity index (χ1) is 20.9. The molecule has 0 amide bonds. The summed E-state index contributed by atoms with van der Waals surface area (Å²) in [5.74, 6) is 3.64. The fourth-order valence-corrected chi connectivity index (χ4v) is 7.95. The SMILES string of the molecule is c1cc2c3c(c1)OCCCCCCCCOc1cccc(c1-c1ccsc1-c1sccc1-3)OCCCCCCCCO2. The molecular formula is C36H42O4S2. The summed E-state index contributed by atoms with van der Waals surface area (Å²) in [6.45, 7) is 2.88. The van der Waals surface area contributed by atoms with Crippen molar-refractivity contribution in [1.29, 1.82) is 0 Å². The summed E-state index contributed by atoms with van der Waals surface area (Å²) >= 11 is 3.55. The summed E-state index contributed by atoms with van der Waals surface area (Å²) in [5.41, 5.74) is 4.46. The first-order valence-electron chi connectivity index (χ1n) is 15.8. The second-order valence-corrected chi connectivity index (χ2v) is 13.1. The molecule has 4 aromatic rings. The summed E-state index contributed by atoms with van der Waals surface area (Å²) in [6, 6.07) is 17.1. The molecule has 4 heterocycles. The van der Waals surface area contributed by atoms with Crippen LogP contribution < -0.4 is 18.9 Å². The lowest BCUT2D eigenvalue weighted by molar-refractivity contribution is 0.285. The van der Waals surface area contributed by atoms with Gasteiger partial charge in [-0.15, -0.1) is 22.7 Å². The first-order valence-corrected chi connectivity index (χ1v) is 17.6. The van der Waals surface area contributed by atoms with Crippen LogP contribution in [-0.4, -0.2) is 26.4 Å². The van der Waals surface area contributed by atoms with Gasteiger partial charge in [0.15, 0.2) is 0 Å². The number of benzene rings is 2. The lowest BCUT2D eigenvalue weighted by Gasteiger charge is -2.19. The van der Waals surface area contributed by atoms with Crippen molar-refractivity contribution < 1.29 is 18.9 Å². The van der Waals surface area contributed by atoms with E-state index in [1.807, 2.05) is 0 Å².